The van der Waals surface area contributed by atoms with Crippen molar-refractivity contribution in [3.8, 4) is 0 Å². The van der Waals surface area contributed by atoms with Crippen LogP contribution in [0.25, 0.3) is 0 Å². The summed E-state index contributed by atoms with van der Waals surface area (Å²) in [5.74, 6) is 2.55. The molecule has 37 heavy (non-hydrogen) atoms. The van der Waals surface area contributed by atoms with E-state index in [1.807, 2.05) is 30.3 Å². The lowest BCUT2D eigenvalue weighted by atomic mass is 9.51. The summed E-state index contributed by atoms with van der Waals surface area (Å²) in [5, 5.41) is 0. The highest BCUT2D eigenvalue weighted by Gasteiger charge is 2.53. The van der Waals surface area contributed by atoms with Gasteiger partial charge in [-0.05, 0) is 122 Å². The molecule has 0 aliphatic heterocycles. The number of rotatable bonds is 7. The Balaban J connectivity index is 1.28. The van der Waals surface area contributed by atoms with Crippen molar-refractivity contribution in [2.75, 3.05) is 0 Å². The Labute approximate surface area is 225 Å². The largest absolute Gasteiger partial charge is 0.459 e. The van der Waals surface area contributed by atoms with E-state index < -0.39 is 0 Å². The molecule has 1 saturated carbocycles. The highest BCUT2D eigenvalue weighted by Crippen LogP contribution is 2.64. The number of fused-ring (bicyclic) bond motifs is 4. The first-order valence-electron chi connectivity index (χ1n) is 15.0. The molecule has 4 aliphatic rings. The summed E-state index contributed by atoms with van der Waals surface area (Å²) in [6, 6.07) is 9.47. The van der Waals surface area contributed by atoms with E-state index in [0.717, 1.165) is 31.1 Å². The molecule has 0 radical (unpaired) electrons. The molecule has 5 rings (SSSR count). The summed E-state index contributed by atoms with van der Waals surface area (Å²) in [4.78, 5) is 12.7. The van der Waals surface area contributed by atoms with Crippen LogP contribution in [-0.2, 0) is 4.74 Å². The molecule has 0 heterocycles. The van der Waals surface area contributed by atoms with Crippen LogP contribution in [-0.4, -0.2) is 12.1 Å². The number of ether oxygens (including phenoxy) is 1. The lowest BCUT2D eigenvalue weighted by Crippen LogP contribution is -2.44. The van der Waals surface area contributed by atoms with Crippen LogP contribution in [0.4, 0.5) is 0 Å². The maximum atomic E-state index is 12.7. The maximum Gasteiger partial charge on any atom is 0.338 e. The van der Waals surface area contributed by atoms with Crippen molar-refractivity contribution < 1.29 is 9.53 Å². The Morgan fingerprint density at radius 3 is 2.54 bits per heavy atom. The van der Waals surface area contributed by atoms with Crippen LogP contribution in [0.3, 0.4) is 0 Å². The topological polar surface area (TPSA) is 26.3 Å². The van der Waals surface area contributed by atoms with Crippen molar-refractivity contribution in [2.45, 2.75) is 105 Å². The fraction of sp³-hybridized carbons (Fsp3) is 0.629. The highest BCUT2D eigenvalue weighted by molar-refractivity contribution is 5.89. The molecule has 0 spiro atoms. The van der Waals surface area contributed by atoms with Gasteiger partial charge >= 0.3 is 5.97 Å². The molecule has 200 valence electrons. The van der Waals surface area contributed by atoms with Gasteiger partial charge in [-0.15, -0.1) is 0 Å². The van der Waals surface area contributed by atoms with E-state index in [-0.39, 0.29) is 17.5 Å². The van der Waals surface area contributed by atoms with E-state index >= 15 is 0 Å². The van der Waals surface area contributed by atoms with Gasteiger partial charge in [-0.2, -0.15) is 0 Å². The SMILES string of the molecule is C=C(CC[C@@H](C)[C@H]1CC=C2C3=C(CC[C@@]21C)[C@@]1(C)CC[C@H](OC(=O)c2ccccc2)C[C@@H]1CC3)C(C)C. The van der Waals surface area contributed by atoms with E-state index in [0.29, 0.717) is 22.8 Å². The molecule has 1 aromatic carbocycles. The molecule has 6 atom stereocenters. The molecule has 0 N–H and O–H groups in total. The second-order valence-corrected chi connectivity index (χ2v) is 13.5. The second kappa shape index (κ2) is 10.2. The lowest BCUT2D eigenvalue weighted by Gasteiger charge is -2.54. The molecule has 1 fully saturated rings. The number of hydrogen-bond acceptors (Lipinski definition) is 2. The minimum Gasteiger partial charge on any atom is -0.459 e. The van der Waals surface area contributed by atoms with Gasteiger partial charge in [-0.3, -0.25) is 0 Å². The van der Waals surface area contributed by atoms with Crippen LogP contribution in [0.2, 0.25) is 0 Å². The standard InChI is InChI=1S/C35H48O2/c1-23(2)24(3)12-13-25(4)30-16-17-31-29-15-14-27-22-28(37-33(36)26-10-8-7-9-11-26)18-20-34(27,5)32(29)19-21-35(30,31)6/h7-11,17,23,25,27-28,30H,3,12-16,18-22H2,1-2,4-6H3/t25-,27+,28+,30-,34+,35-/m1/s1. The van der Waals surface area contributed by atoms with E-state index in [2.05, 4.69) is 47.3 Å². The van der Waals surface area contributed by atoms with Crippen molar-refractivity contribution in [1.29, 1.82) is 0 Å². The lowest BCUT2D eigenvalue weighted by molar-refractivity contribution is -0.0124. The van der Waals surface area contributed by atoms with Crippen LogP contribution >= 0.6 is 0 Å². The molecular weight excluding hydrogens is 452 g/mol. The van der Waals surface area contributed by atoms with E-state index in [4.69, 9.17) is 4.74 Å². The number of carbonyl (C=O) groups excluding carboxylic acids is 1. The average Bonchev–Trinajstić information content (AvgIpc) is 3.25. The van der Waals surface area contributed by atoms with Gasteiger partial charge in [0.2, 0.25) is 0 Å². The Morgan fingerprint density at radius 1 is 1.05 bits per heavy atom. The van der Waals surface area contributed by atoms with Gasteiger partial charge in [0.15, 0.2) is 0 Å². The summed E-state index contributed by atoms with van der Waals surface area (Å²) in [7, 11) is 0. The molecule has 0 saturated heterocycles. The molecule has 1 aromatic rings. The van der Waals surface area contributed by atoms with Gasteiger partial charge in [0.05, 0.1) is 5.56 Å². The predicted octanol–water partition coefficient (Wildman–Crippen LogP) is 9.48. The molecule has 2 heteroatoms. The van der Waals surface area contributed by atoms with Crippen LogP contribution in [0.15, 0.2) is 65.3 Å². The third kappa shape index (κ3) is 4.79. The zero-order chi connectivity index (χ0) is 26.4. The molecule has 0 unspecified atom stereocenters. The maximum absolute atomic E-state index is 12.7. The first kappa shape index (κ1) is 26.5. The molecule has 0 amide bonds. The van der Waals surface area contributed by atoms with Crippen molar-refractivity contribution in [2.24, 2.45) is 34.5 Å². The summed E-state index contributed by atoms with van der Waals surface area (Å²) in [5.41, 5.74) is 7.89. The monoisotopic (exact) mass is 500 g/mol. The Morgan fingerprint density at radius 2 is 1.81 bits per heavy atom. The second-order valence-electron chi connectivity index (χ2n) is 13.5. The van der Waals surface area contributed by atoms with Gasteiger partial charge in [-0.1, -0.05) is 76.6 Å². The van der Waals surface area contributed by atoms with Gasteiger partial charge in [0, 0.05) is 0 Å². The fourth-order valence-corrected chi connectivity index (χ4v) is 8.52. The first-order chi connectivity index (χ1) is 17.6. The first-order valence-corrected chi connectivity index (χ1v) is 15.0. The van der Waals surface area contributed by atoms with Crippen LogP contribution < -0.4 is 0 Å². The summed E-state index contributed by atoms with van der Waals surface area (Å²) in [6.07, 6.45) is 14.5. The Hall–Kier alpha value is -2.09. The van der Waals surface area contributed by atoms with Crippen LogP contribution in [0, 0.1) is 34.5 Å². The van der Waals surface area contributed by atoms with Crippen molar-refractivity contribution >= 4 is 5.97 Å². The van der Waals surface area contributed by atoms with E-state index in [1.54, 1.807) is 16.7 Å². The smallest absolute Gasteiger partial charge is 0.338 e. The zero-order valence-corrected chi connectivity index (χ0v) is 23.9. The normalized spacial score (nSPS) is 33.8. The summed E-state index contributed by atoms with van der Waals surface area (Å²) < 4.78 is 6.02. The third-order valence-corrected chi connectivity index (χ3v) is 11.2. The fourth-order valence-electron chi connectivity index (χ4n) is 8.52. The van der Waals surface area contributed by atoms with Crippen LogP contribution in [0.5, 0.6) is 0 Å². The van der Waals surface area contributed by atoms with Gasteiger partial charge in [-0.25, -0.2) is 4.79 Å². The molecule has 0 bridgehead atoms. The number of benzene rings is 1. The molecule has 2 nitrogen and oxygen atoms in total. The predicted molar refractivity (Wildman–Crippen MR) is 153 cm³/mol. The van der Waals surface area contributed by atoms with Gasteiger partial charge < -0.3 is 4.74 Å². The number of hydrogen-bond donors (Lipinski definition) is 0. The molecule has 0 aromatic heterocycles. The summed E-state index contributed by atoms with van der Waals surface area (Å²) in [6.45, 7) is 16.5. The minimum absolute atomic E-state index is 0.0540. The molecular formula is C35H48O2. The zero-order valence-electron chi connectivity index (χ0n) is 23.9. The quantitative estimate of drug-likeness (QED) is 0.275. The van der Waals surface area contributed by atoms with Gasteiger partial charge in [0.1, 0.15) is 6.10 Å². The van der Waals surface area contributed by atoms with Crippen LogP contribution in [0.1, 0.15) is 109 Å². The number of carbonyl (C=O) groups is 1. The van der Waals surface area contributed by atoms with E-state index in [9.17, 15) is 4.79 Å². The highest BCUT2D eigenvalue weighted by atomic mass is 16.5. The Bertz CT molecular complexity index is 1090. The third-order valence-electron chi connectivity index (χ3n) is 11.2. The molecule has 4 aliphatic carbocycles. The number of allylic oxidation sites excluding steroid dienone is 5. The number of esters is 1. The minimum atomic E-state index is -0.161. The van der Waals surface area contributed by atoms with Crippen molar-refractivity contribution in [3.63, 3.8) is 0 Å². The van der Waals surface area contributed by atoms with Crippen molar-refractivity contribution in [3.05, 3.63) is 70.8 Å². The Kier molecular flexibility index (Phi) is 7.33. The summed E-state index contributed by atoms with van der Waals surface area (Å²) >= 11 is 0. The van der Waals surface area contributed by atoms with Crippen molar-refractivity contribution in [1.82, 2.24) is 0 Å². The average molecular weight is 501 g/mol. The van der Waals surface area contributed by atoms with Gasteiger partial charge in [0.25, 0.3) is 0 Å². The van der Waals surface area contributed by atoms with E-state index in [1.165, 1.54) is 50.5 Å².